The van der Waals surface area contributed by atoms with E-state index in [4.69, 9.17) is 9.73 Å². The van der Waals surface area contributed by atoms with Crippen molar-refractivity contribution in [2.75, 3.05) is 4.90 Å². The van der Waals surface area contributed by atoms with Crippen molar-refractivity contribution >= 4 is 39.1 Å². The summed E-state index contributed by atoms with van der Waals surface area (Å²) in [5.74, 6) is -9.46. The Labute approximate surface area is 226 Å². The first kappa shape index (κ1) is 24.6. The summed E-state index contributed by atoms with van der Waals surface area (Å²) < 4.78 is 79.2. The highest BCUT2D eigenvalue weighted by Crippen LogP contribution is 2.57. The summed E-state index contributed by atoms with van der Waals surface area (Å²) in [5.41, 5.74) is -1.36. The molecule has 0 N–H and O–H groups in total. The van der Waals surface area contributed by atoms with Gasteiger partial charge in [-0.15, -0.1) is 0 Å². The first-order valence-electron chi connectivity index (χ1n) is 12.7. The van der Waals surface area contributed by atoms with E-state index in [1.807, 2.05) is 74.5 Å². The molecule has 5 aromatic carbocycles. The minimum atomic E-state index is -2.20. The zero-order valence-corrected chi connectivity index (χ0v) is 21.4. The second-order valence-electron chi connectivity index (χ2n) is 10.6. The monoisotopic (exact) mass is 544 g/mol. The van der Waals surface area contributed by atoms with Gasteiger partial charge in [-0.3, -0.25) is 4.99 Å². The summed E-state index contributed by atoms with van der Waals surface area (Å²) in [4.78, 5) is 6.42. The number of halogens is 5. The molecule has 2 heterocycles. The third-order valence-electron chi connectivity index (χ3n) is 8.27. The first-order valence-corrected chi connectivity index (χ1v) is 12.7. The van der Waals surface area contributed by atoms with Gasteiger partial charge >= 0.3 is 0 Å². The molecule has 2 aliphatic rings. The zero-order valence-electron chi connectivity index (χ0n) is 21.4. The molecule has 0 saturated carbocycles. The Bertz CT molecular complexity index is 1890. The second-order valence-corrected chi connectivity index (χ2v) is 10.6. The third-order valence-corrected chi connectivity index (χ3v) is 8.27. The number of fused-ring (bicyclic) bond motifs is 7. The minimum Gasteiger partial charge on any atom is -0.459 e. The van der Waals surface area contributed by atoms with Gasteiger partial charge in [0.1, 0.15) is 5.69 Å². The van der Waals surface area contributed by atoms with Gasteiger partial charge in [0, 0.05) is 22.0 Å². The van der Waals surface area contributed by atoms with Crippen molar-refractivity contribution < 1.29 is 26.7 Å². The Morgan fingerprint density at radius 1 is 0.675 bits per heavy atom. The Morgan fingerprint density at radius 2 is 1.20 bits per heavy atom. The van der Waals surface area contributed by atoms with Crippen LogP contribution in [-0.4, -0.2) is 11.9 Å². The van der Waals surface area contributed by atoms with Crippen LogP contribution >= 0.6 is 0 Å². The van der Waals surface area contributed by atoms with Gasteiger partial charge in [0.2, 0.25) is 11.5 Å². The Balaban J connectivity index is 1.49. The summed E-state index contributed by atoms with van der Waals surface area (Å²) in [6.07, 6.45) is 1.59. The molecule has 40 heavy (non-hydrogen) atoms. The summed E-state index contributed by atoms with van der Waals surface area (Å²) in [7, 11) is 0. The SMILES string of the molecule is CC1(C)c2ccccc2N(Cc2c(F)c(F)c(F)c(F)c2F)C12C=Nc1c(c3ccccc3c3ccccc13)O2. The van der Waals surface area contributed by atoms with E-state index in [9.17, 15) is 22.0 Å². The number of aliphatic imine (C=N–C) groups is 1. The molecule has 0 aromatic heterocycles. The number of benzene rings is 5. The predicted molar refractivity (Wildman–Crippen MR) is 145 cm³/mol. The molecule has 1 unspecified atom stereocenters. The van der Waals surface area contributed by atoms with Crippen LogP contribution in [0.15, 0.2) is 77.8 Å². The molecule has 0 amide bonds. The van der Waals surface area contributed by atoms with E-state index in [0.717, 1.165) is 27.1 Å². The highest BCUT2D eigenvalue weighted by atomic mass is 19.2. The fourth-order valence-corrected chi connectivity index (χ4v) is 6.17. The van der Waals surface area contributed by atoms with Crippen LogP contribution in [0.3, 0.4) is 0 Å². The van der Waals surface area contributed by atoms with Gasteiger partial charge in [0.15, 0.2) is 29.0 Å². The number of ether oxygens (including phenoxy) is 1. The van der Waals surface area contributed by atoms with Crippen molar-refractivity contribution in [3.05, 3.63) is 113 Å². The van der Waals surface area contributed by atoms with Gasteiger partial charge in [-0.1, -0.05) is 66.7 Å². The zero-order chi connectivity index (χ0) is 28.0. The average Bonchev–Trinajstić information content (AvgIpc) is 3.15. The van der Waals surface area contributed by atoms with E-state index < -0.39 is 52.3 Å². The largest absolute Gasteiger partial charge is 0.459 e. The molecule has 200 valence electrons. The van der Waals surface area contributed by atoms with Crippen LogP contribution in [0.4, 0.5) is 33.3 Å². The molecule has 7 rings (SSSR count). The Morgan fingerprint density at radius 3 is 1.88 bits per heavy atom. The maximum absolute atomic E-state index is 15.0. The van der Waals surface area contributed by atoms with Crippen molar-refractivity contribution in [1.82, 2.24) is 0 Å². The second kappa shape index (κ2) is 8.27. The lowest BCUT2D eigenvalue weighted by Crippen LogP contribution is -2.62. The van der Waals surface area contributed by atoms with E-state index in [-0.39, 0.29) is 0 Å². The van der Waals surface area contributed by atoms with E-state index in [1.54, 1.807) is 18.3 Å². The molecular formula is C32H21F5N2O. The molecule has 5 aromatic rings. The highest BCUT2D eigenvalue weighted by molar-refractivity contribution is 6.17. The molecular weight excluding hydrogens is 523 g/mol. The summed E-state index contributed by atoms with van der Waals surface area (Å²) in [6, 6.07) is 22.7. The molecule has 8 heteroatoms. The van der Waals surface area contributed by atoms with E-state index in [1.165, 1.54) is 4.90 Å². The lowest BCUT2D eigenvalue weighted by atomic mass is 9.77. The van der Waals surface area contributed by atoms with Gasteiger partial charge < -0.3 is 9.64 Å². The topological polar surface area (TPSA) is 24.8 Å². The molecule has 0 aliphatic carbocycles. The van der Waals surface area contributed by atoms with Crippen molar-refractivity contribution in [2.45, 2.75) is 31.5 Å². The van der Waals surface area contributed by atoms with Gasteiger partial charge in [-0.05, 0) is 36.2 Å². The van der Waals surface area contributed by atoms with E-state index in [0.29, 0.717) is 17.1 Å². The normalized spacial score (nSPS) is 18.8. The van der Waals surface area contributed by atoms with Crippen LogP contribution in [-0.2, 0) is 12.0 Å². The lowest BCUT2D eigenvalue weighted by molar-refractivity contribution is 0.0776. The van der Waals surface area contributed by atoms with Crippen LogP contribution in [0.1, 0.15) is 25.0 Å². The quantitative estimate of drug-likeness (QED) is 0.0964. The van der Waals surface area contributed by atoms with Gasteiger partial charge in [0.05, 0.1) is 18.2 Å². The number of hydrogen-bond acceptors (Lipinski definition) is 3. The number of anilines is 1. The molecule has 1 atom stereocenters. The molecule has 0 bridgehead atoms. The minimum absolute atomic E-state index is 0.472. The van der Waals surface area contributed by atoms with Crippen LogP contribution in [0.25, 0.3) is 21.5 Å². The van der Waals surface area contributed by atoms with Crippen LogP contribution in [0, 0.1) is 29.1 Å². The fourth-order valence-electron chi connectivity index (χ4n) is 6.17. The van der Waals surface area contributed by atoms with Gasteiger partial charge in [-0.25, -0.2) is 22.0 Å². The van der Waals surface area contributed by atoms with Crippen molar-refractivity contribution in [3.8, 4) is 5.75 Å². The Hall–Kier alpha value is -4.46. The molecule has 0 saturated heterocycles. The molecule has 0 radical (unpaired) electrons. The summed E-state index contributed by atoms with van der Waals surface area (Å²) in [5, 5.41) is 3.57. The predicted octanol–water partition coefficient (Wildman–Crippen LogP) is 8.48. The lowest BCUT2D eigenvalue weighted by Gasteiger charge is -2.46. The summed E-state index contributed by atoms with van der Waals surface area (Å²) >= 11 is 0. The smallest absolute Gasteiger partial charge is 0.229 e. The standard InChI is InChI=1S/C32H21F5N2O/c1-31(2)22-13-7-8-14-23(22)39(15-21-24(33)26(35)28(37)27(36)25(21)34)32(31)16-38-29-19-11-5-3-9-17(19)18-10-4-6-12-20(18)30(29)40-32/h3-14,16H,15H2,1-2H3. The van der Waals surface area contributed by atoms with Crippen LogP contribution in [0.5, 0.6) is 5.75 Å². The number of hydrogen-bond donors (Lipinski definition) is 0. The molecule has 1 spiro atoms. The third kappa shape index (κ3) is 3.01. The van der Waals surface area contributed by atoms with Crippen molar-refractivity contribution in [1.29, 1.82) is 0 Å². The number of para-hydroxylation sites is 1. The van der Waals surface area contributed by atoms with Gasteiger partial charge in [0.25, 0.3) is 0 Å². The fraction of sp³-hybridized carbons (Fsp3) is 0.156. The average molecular weight is 545 g/mol. The van der Waals surface area contributed by atoms with E-state index >= 15 is 0 Å². The number of rotatable bonds is 2. The maximum Gasteiger partial charge on any atom is 0.229 e. The van der Waals surface area contributed by atoms with Crippen molar-refractivity contribution in [2.24, 2.45) is 4.99 Å². The molecule has 3 nitrogen and oxygen atoms in total. The van der Waals surface area contributed by atoms with Crippen LogP contribution < -0.4 is 9.64 Å². The Kier molecular flexibility index (Phi) is 5.08. The highest BCUT2D eigenvalue weighted by Gasteiger charge is 2.60. The van der Waals surface area contributed by atoms with Crippen molar-refractivity contribution in [3.63, 3.8) is 0 Å². The molecule has 2 aliphatic heterocycles. The van der Waals surface area contributed by atoms with Gasteiger partial charge in [-0.2, -0.15) is 0 Å². The summed E-state index contributed by atoms with van der Waals surface area (Å²) in [6.45, 7) is 3.16. The maximum atomic E-state index is 15.0. The first-order chi connectivity index (χ1) is 19.2. The number of nitrogens with zero attached hydrogens (tertiary/aromatic N) is 2. The molecule has 0 fully saturated rings. The van der Waals surface area contributed by atoms with Crippen LogP contribution in [0.2, 0.25) is 0 Å². The van der Waals surface area contributed by atoms with E-state index in [2.05, 4.69) is 0 Å².